The molecule has 26 heavy (non-hydrogen) atoms. The smallest absolute Gasteiger partial charge is 0.335 e. The molecule has 138 valence electrons. The zero-order valence-corrected chi connectivity index (χ0v) is 15.7. The number of aromatic carboxylic acids is 1. The number of carbonyl (C=O) groups is 2. The van der Waals surface area contributed by atoms with Crippen LogP contribution in [0.3, 0.4) is 0 Å². The molecule has 2 rings (SSSR count). The molecule has 0 bridgehead atoms. The van der Waals surface area contributed by atoms with Crippen LogP contribution in [0.1, 0.15) is 45.5 Å². The lowest BCUT2D eigenvalue weighted by molar-refractivity contribution is 0.0697. The lowest BCUT2D eigenvalue weighted by Crippen LogP contribution is -2.25. The number of anilines is 1. The average molecular weight is 375 g/mol. The number of carboxylic acids is 1. The summed E-state index contributed by atoms with van der Waals surface area (Å²) in [6, 6.07) is 13.4. The highest BCUT2D eigenvalue weighted by atomic mass is 32.2. The van der Waals surface area contributed by atoms with Crippen LogP contribution in [0.4, 0.5) is 5.69 Å². The van der Waals surface area contributed by atoms with Gasteiger partial charge in [0.05, 0.1) is 17.5 Å². The van der Waals surface area contributed by atoms with E-state index in [4.69, 9.17) is 0 Å². The quantitative estimate of drug-likeness (QED) is 0.751. The van der Waals surface area contributed by atoms with Crippen molar-refractivity contribution in [2.75, 3.05) is 17.6 Å². The van der Waals surface area contributed by atoms with E-state index in [0.29, 0.717) is 0 Å². The SMILES string of the molecule is C[C@@H](CC(=O)c1cc(C(=O)O)cc(N(C)S(C)(=O)=O)c1)c1ccccc1. The number of sulfonamides is 1. The maximum Gasteiger partial charge on any atom is 0.335 e. The first kappa shape index (κ1) is 19.7. The normalized spacial score (nSPS) is 12.4. The minimum Gasteiger partial charge on any atom is -0.478 e. The monoisotopic (exact) mass is 375 g/mol. The Morgan fingerprint density at radius 1 is 1.08 bits per heavy atom. The second-order valence-corrected chi connectivity index (χ2v) is 8.26. The van der Waals surface area contributed by atoms with Crippen LogP contribution in [0.5, 0.6) is 0 Å². The average Bonchev–Trinajstić information content (AvgIpc) is 2.60. The lowest BCUT2D eigenvalue weighted by atomic mass is 9.92. The van der Waals surface area contributed by atoms with Crippen molar-refractivity contribution >= 4 is 27.5 Å². The molecule has 0 amide bonds. The number of ketones is 1. The third kappa shape index (κ3) is 4.70. The Morgan fingerprint density at radius 2 is 1.65 bits per heavy atom. The van der Waals surface area contributed by atoms with Gasteiger partial charge in [-0.15, -0.1) is 0 Å². The number of rotatable bonds is 7. The molecule has 7 heteroatoms. The van der Waals surface area contributed by atoms with Gasteiger partial charge < -0.3 is 5.11 Å². The van der Waals surface area contributed by atoms with Gasteiger partial charge in [0, 0.05) is 19.0 Å². The van der Waals surface area contributed by atoms with E-state index in [9.17, 15) is 23.1 Å². The fraction of sp³-hybridized carbons (Fsp3) is 0.263. The van der Waals surface area contributed by atoms with Crippen molar-refractivity contribution < 1.29 is 23.1 Å². The summed E-state index contributed by atoms with van der Waals surface area (Å²) in [5.74, 6) is -1.51. The fourth-order valence-electron chi connectivity index (χ4n) is 2.56. The molecule has 6 nitrogen and oxygen atoms in total. The molecule has 0 saturated heterocycles. The van der Waals surface area contributed by atoms with Crippen LogP contribution in [0.15, 0.2) is 48.5 Å². The van der Waals surface area contributed by atoms with E-state index in [0.717, 1.165) is 16.1 Å². The Balaban J connectivity index is 2.37. The predicted octanol–water partition coefficient (Wildman–Crippen LogP) is 3.16. The van der Waals surface area contributed by atoms with Crippen LogP contribution < -0.4 is 4.31 Å². The third-order valence-corrected chi connectivity index (χ3v) is 5.41. The summed E-state index contributed by atoms with van der Waals surface area (Å²) in [4.78, 5) is 24.0. The molecule has 0 saturated carbocycles. The zero-order valence-electron chi connectivity index (χ0n) is 14.8. The second kappa shape index (κ2) is 7.70. The van der Waals surface area contributed by atoms with Crippen molar-refractivity contribution in [3.63, 3.8) is 0 Å². The van der Waals surface area contributed by atoms with E-state index in [-0.39, 0.29) is 34.9 Å². The number of carbonyl (C=O) groups excluding carboxylic acids is 1. The first-order valence-electron chi connectivity index (χ1n) is 8.00. The molecule has 0 aliphatic heterocycles. The molecule has 0 fully saturated rings. The molecule has 0 radical (unpaired) electrons. The minimum atomic E-state index is -3.58. The van der Waals surface area contributed by atoms with Crippen molar-refractivity contribution in [1.82, 2.24) is 0 Å². The van der Waals surface area contributed by atoms with Crippen LogP contribution in [0.2, 0.25) is 0 Å². The van der Waals surface area contributed by atoms with Gasteiger partial charge in [-0.25, -0.2) is 13.2 Å². The molecule has 1 N–H and O–H groups in total. The maximum absolute atomic E-state index is 12.7. The Morgan fingerprint density at radius 3 is 2.19 bits per heavy atom. The first-order chi connectivity index (χ1) is 12.1. The number of Topliss-reactive ketones (excluding diaryl/α,β-unsaturated/α-hetero) is 1. The molecular formula is C19H21NO5S. The molecule has 2 aromatic rings. The van der Waals surface area contributed by atoms with Gasteiger partial charge in [0.2, 0.25) is 10.0 Å². The molecule has 0 aliphatic carbocycles. The summed E-state index contributed by atoms with van der Waals surface area (Å²) >= 11 is 0. The van der Waals surface area contributed by atoms with Crippen LogP contribution >= 0.6 is 0 Å². The van der Waals surface area contributed by atoms with Gasteiger partial charge in [0.15, 0.2) is 5.78 Å². The van der Waals surface area contributed by atoms with Gasteiger partial charge in [-0.05, 0) is 29.7 Å². The number of hydrogen-bond acceptors (Lipinski definition) is 4. The van der Waals surface area contributed by atoms with Gasteiger partial charge in [0.25, 0.3) is 0 Å². The van der Waals surface area contributed by atoms with Crippen LogP contribution in [0.25, 0.3) is 0 Å². The minimum absolute atomic E-state index is 0.0479. The van der Waals surface area contributed by atoms with E-state index >= 15 is 0 Å². The summed E-state index contributed by atoms with van der Waals surface area (Å²) in [6.07, 6.45) is 1.20. The van der Waals surface area contributed by atoms with E-state index in [2.05, 4.69) is 0 Å². The highest BCUT2D eigenvalue weighted by Gasteiger charge is 2.19. The summed E-state index contributed by atoms with van der Waals surface area (Å²) in [5.41, 5.74) is 1.19. The highest BCUT2D eigenvalue weighted by Crippen LogP contribution is 2.25. The fourth-order valence-corrected chi connectivity index (χ4v) is 3.05. The van der Waals surface area contributed by atoms with Crippen molar-refractivity contribution in [3.8, 4) is 0 Å². The highest BCUT2D eigenvalue weighted by molar-refractivity contribution is 7.92. The number of nitrogens with zero attached hydrogens (tertiary/aromatic N) is 1. The summed E-state index contributed by atoms with van der Waals surface area (Å²) in [5, 5.41) is 9.28. The summed E-state index contributed by atoms with van der Waals surface area (Å²) < 4.78 is 24.5. The van der Waals surface area contributed by atoms with E-state index in [1.807, 2.05) is 37.3 Å². The van der Waals surface area contributed by atoms with Gasteiger partial charge >= 0.3 is 5.97 Å². The molecule has 2 aromatic carbocycles. The van der Waals surface area contributed by atoms with Crippen molar-refractivity contribution in [2.45, 2.75) is 19.3 Å². The summed E-state index contributed by atoms with van der Waals surface area (Å²) in [6.45, 7) is 1.91. The van der Waals surface area contributed by atoms with E-state index in [1.54, 1.807) is 0 Å². The van der Waals surface area contributed by atoms with Gasteiger partial charge in [0.1, 0.15) is 0 Å². The number of carboxylic acid groups (broad SMARTS) is 1. The predicted molar refractivity (Wildman–Crippen MR) is 100 cm³/mol. The van der Waals surface area contributed by atoms with Gasteiger partial charge in [-0.2, -0.15) is 0 Å². The summed E-state index contributed by atoms with van der Waals surface area (Å²) in [7, 11) is -2.26. The van der Waals surface area contributed by atoms with Gasteiger partial charge in [-0.1, -0.05) is 37.3 Å². The number of benzene rings is 2. The maximum atomic E-state index is 12.7. The Hall–Kier alpha value is -2.67. The van der Waals surface area contributed by atoms with Crippen molar-refractivity contribution in [3.05, 3.63) is 65.2 Å². The Kier molecular flexibility index (Phi) is 5.82. The third-order valence-electron chi connectivity index (χ3n) is 4.21. The van der Waals surface area contributed by atoms with Crippen LogP contribution in [0, 0.1) is 0 Å². The zero-order chi connectivity index (χ0) is 19.5. The van der Waals surface area contributed by atoms with Crippen LogP contribution in [-0.4, -0.2) is 38.6 Å². The molecule has 0 aromatic heterocycles. The number of hydrogen-bond donors (Lipinski definition) is 1. The standard InChI is InChI=1S/C19H21NO5S/c1-13(14-7-5-4-6-8-14)9-18(21)15-10-16(19(22)23)12-17(11-15)20(2)26(3,24)25/h4-8,10-13H,9H2,1-3H3,(H,22,23)/t13-/m0/s1. The van der Waals surface area contributed by atoms with E-state index < -0.39 is 16.0 Å². The second-order valence-electron chi connectivity index (χ2n) is 6.24. The van der Waals surface area contributed by atoms with Gasteiger partial charge in [-0.3, -0.25) is 9.10 Å². The first-order valence-corrected chi connectivity index (χ1v) is 9.85. The molecule has 1 atom stereocenters. The van der Waals surface area contributed by atoms with Crippen LogP contribution in [-0.2, 0) is 10.0 Å². The molecular weight excluding hydrogens is 354 g/mol. The largest absolute Gasteiger partial charge is 0.478 e. The molecule has 0 unspecified atom stereocenters. The van der Waals surface area contributed by atoms with Crippen molar-refractivity contribution in [2.24, 2.45) is 0 Å². The molecule has 0 spiro atoms. The topological polar surface area (TPSA) is 91.8 Å². The van der Waals surface area contributed by atoms with Crippen molar-refractivity contribution in [1.29, 1.82) is 0 Å². The van der Waals surface area contributed by atoms with E-state index in [1.165, 1.54) is 25.2 Å². The Labute approximate surface area is 153 Å². The lowest BCUT2D eigenvalue weighted by Gasteiger charge is -2.18. The molecule has 0 heterocycles. The molecule has 0 aliphatic rings. The Bertz CT molecular complexity index is 922.